The summed E-state index contributed by atoms with van der Waals surface area (Å²) in [7, 11) is -3.99. The minimum atomic E-state index is -4.78. The molecule has 0 saturated carbocycles. The van der Waals surface area contributed by atoms with Crippen LogP contribution in [0.2, 0.25) is 0 Å². The van der Waals surface area contributed by atoms with E-state index in [1.807, 2.05) is 0 Å². The molecule has 12 heteroatoms. The van der Waals surface area contributed by atoms with Gasteiger partial charge < -0.3 is 10.7 Å². The number of hydrogen-bond acceptors (Lipinski definition) is 5. The number of nitrogens with zero attached hydrogens (tertiary/aromatic N) is 1. The summed E-state index contributed by atoms with van der Waals surface area (Å²) in [4.78, 5) is 28.4. The van der Waals surface area contributed by atoms with Gasteiger partial charge in [0.15, 0.2) is 0 Å². The lowest BCUT2D eigenvalue weighted by Gasteiger charge is -2.16. The van der Waals surface area contributed by atoms with Crippen LogP contribution in [0.3, 0.4) is 0 Å². The van der Waals surface area contributed by atoms with Gasteiger partial charge in [-0.05, 0) is 34.9 Å². The number of aromatic nitrogens is 2. The first-order chi connectivity index (χ1) is 13.4. The van der Waals surface area contributed by atoms with Crippen molar-refractivity contribution in [3.8, 4) is 11.1 Å². The van der Waals surface area contributed by atoms with E-state index in [4.69, 9.17) is 5.73 Å². The number of hydrogen-bond donors (Lipinski definition) is 3. The third kappa shape index (κ3) is 4.17. The third-order valence-corrected chi connectivity index (χ3v) is 4.59. The Morgan fingerprint density at radius 3 is 2.45 bits per heavy atom. The van der Waals surface area contributed by atoms with Crippen molar-refractivity contribution in [3.63, 3.8) is 0 Å². The number of halogens is 3. The van der Waals surface area contributed by atoms with Gasteiger partial charge in [0.05, 0.1) is 22.7 Å². The van der Waals surface area contributed by atoms with Crippen LogP contribution in [0, 0.1) is 0 Å². The highest BCUT2D eigenvalue weighted by molar-refractivity contribution is 7.91. The number of fused-ring (bicyclic) bond motifs is 1. The number of aromatic amines is 1. The maximum absolute atomic E-state index is 13.7. The molecule has 0 radical (unpaired) electrons. The number of nitrogens with one attached hydrogen (secondary N) is 2. The lowest BCUT2D eigenvalue weighted by molar-refractivity contribution is -0.137. The molecule has 1 aromatic heterocycles. The van der Waals surface area contributed by atoms with E-state index in [1.54, 1.807) is 10.9 Å². The molecule has 3 aromatic rings. The second kappa shape index (κ2) is 7.04. The van der Waals surface area contributed by atoms with Crippen molar-refractivity contribution in [1.29, 1.82) is 0 Å². The molecule has 154 valence electrons. The fraction of sp³-hybridized carbons (Fsp3) is 0.176. The number of nitrogens with two attached hydrogens (primary N) is 1. The molecule has 2 aromatic carbocycles. The van der Waals surface area contributed by atoms with Crippen molar-refractivity contribution in [2.75, 3.05) is 11.1 Å². The minimum absolute atomic E-state index is 0.0984. The largest absolute Gasteiger partial charge is 0.417 e. The first kappa shape index (κ1) is 20.6. The molecule has 0 atom stereocenters. The van der Waals surface area contributed by atoms with Crippen molar-refractivity contribution in [1.82, 2.24) is 9.66 Å². The lowest BCUT2D eigenvalue weighted by Crippen LogP contribution is -2.43. The van der Waals surface area contributed by atoms with Crippen LogP contribution in [-0.4, -0.2) is 24.3 Å². The second-order valence-electron chi connectivity index (χ2n) is 6.28. The van der Waals surface area contributed by atoms with E-state index in [1.165, 1.54) is 18.2 Å². The summed E-state index contributed by atoms with van der Waals surface area (Å²) >= 11 is 0. The summed E-state index contributed by atoms with van der Waals surface area (Å²) < 4.78 is 64.0. The minimum Gasteiger partial charge on any atom is -0.326 e. The van der Waals surface area contributed by atoms with Crippen molar-refractivity contribution in [2.45, 2.75) is 12.7 Å². The highest BCUT2D eigenvalue weighted by Gasteiger charge is 2.34. The molecule has 8 nitrogen and oxygen atoms in total. The first-order valence-electron chi connectivity index (χ1n) is 8.08. The zero-order chi connectivity index (χ0) is 21.6. The fourth-order valence-electron chi connectivity index (χ4n) is 2.85. The Labute approximate surface area is 161 Å². The predicted molar refractivity (Wildman–Crippen MR) is 101 cm³/mol. The molecule has 0 unspecified atom stereocenters. The Balaban J connectivity index is 2.40. The molecule has 1 heterocycles. The molecule has 3 rings (SSSR count). The molecule has 0 amide bonds. The van der Waals surface area contributed by atoms with Crippen molar-refractivity contribution < 1.29 is 21.6 Å². The molecule has 0 aliphatic rings. The number of alkyl halides is 3. The van der Waals surface area contributed by atoms with Crippen LogP contribution in [0.25, 0.3) is 22.0 Å². The Morgan fingerprint density at radius 2 is 1.86 bits per heavy atom. The van der Waals surface area contributed by atoms with E-state index in [-0.39, 0.29) is 33.3 Å². The van der Waals surface area contributed by atoms with Crippen LogP contribution in [-0.2, 0) is 22.7 Å². The summed E-state index contributed by atoms with van der Waals surface area (Å²) in [5.74, 6) is 0. The van der Waals surface area contributed by atoms with Gasteiger partial charge in [0.1, 0.15) is 0 Å². The molecule has 0 fully saturated rings. The van der Waals surface area contributed by atoms with Gasteiger partial charge in [-0.3, -0.25) is 4.79 Å². The second-order valence-corrected chi connectivity index (χ2v) is 8.01. The van der Waals surface area contributed by atoms with Crippen molar-refractivity contribution >= 4 is 20.9 Å². The molecule has 0 aliphatic heterocycles. The van der Waals surface area contributed by atoms with Gasteiger partial charge in [-0.1, -0.05) is 18.2 Å². The van der Waals surface area contributed by atoms with Gasteiger partial charge in [0, 0.05) is 6.54 Å². The molecule has 0 spiro atoms. The standard InChI is InChI=1S/C17H15F3N4O4S/c1-29(27,28)23-24-15(25)12-6-11(10-4-2-3-9(5-10)8-21)13(17(18,19)20)7-14(12)22-16(24)26/h2-7,23H,8,21H2,1H3,(H,22,26). The number of rotatable bonds is 4. The summed E-state index contributed by atoms with van der Waals surface area (Å²) in [6.45, 7) is 0.0984. The lowest BCUT2D eigenvalue weighted by atomic mass is 9.96. The number of H-pyrrole nitrogens is 1. The maximum Gasteiger partial charge on any atom is 0.417 e. The summed E-state index contributed by atoms with van der Waals surface area (Å²) in [6, 6.07) is 7.65. The van der Waals surface area contributed by atoms with Gasteiger partial charge >= 0.3 is 11.9 Å². The normalized spacial score (nSPS) is 12.3. The van der Waals surface area contributed by atoms with Crippen LogP contribution in [0.1, 0.15) is 11.1 Å². The van der Waals surface area contributed by atoms with E-state index in [0.29, 0.717) is 11.6 Å². The quantitative estimate of drug-likeness (QED) is 0.578. The Morgan fingerprint density at radius 1 is 1.17 bits per heavy atom. The Hall–Kier alpha value is -3.12. The summed E-state index contributed by atoms with van der Waals surface area (Å²) in [5.41, 5.74) is 2.20. The van der Waals surface area contributed by atoms with E-state index in [0.717, 1.165) is 12.3 Å². The zero-order valence-electron chi connectivity index (χ0n) is 14.9. The Bertz CT molecular complexity index is 1330. The van der Waals surface area contributed by atoms with Crippen LogP contribution in [0.4, 0.5) is 13.2 Å². The van der Waals surface area contributed by atoms with Gasteiger partial charge in [-0.15, -0.1) is 0 Å². The Kier molecular flexibility index (Phi) is 5.01. The number of sulfonamides is 1. The first-order valence-corrected chi connectivity index (χ1v) is 9.97. The summed E-state index contributed by atoms with van der Waals surface area (Å²) in [5, 5.41) is -0.304. The van der Waals surface area contributed by atoms with Gasteiger partial charge in [0.25, 0.3) is 5.56 Å². The zero-order valence-corrected chi connectivity index (χ0v) is 15.7. The highest BCUT2D eigenvalue weighted by atomic mass is 32.2. The van der Waals surface area contributed by atoms with Gasteiger partial charge in [-0.2, -0.15) is 17.8 Å². The van der Waals surface area contributed by atoms with E-state index >= 15 is 0 Å². The van der Waals surface area contributed by atoms with E-state index < -0.39 is 33.0 Å². The van der Waals surface area contributed by atoms with Crippen LogP contribution < -0.4 is 21.8 Å². The van der Waals surface area contributed by atoms with Crippen LogP contribution in [0.5, 0.6) is 0 Å². The van der Waals surface area contributed by atoms with Crippen LogP contribution >= 0.6 is 0 Å². The SMILES string of the molecule is CS(=O)(=O)Nn1c(=O)[nH]c2cc(C(F)(F)F)c(-c3cccc(CN)c3)cc2c1=O. The predicted octanol–water partition coefficient (Wildman–Crippen LogP) is 1.34. The molecule has 0 saturated heterocycles. The van der Waals surface area contributed by atoms with Crippen molar-refractivity contribution in [3.05, 3.63) is 68.4 Å². The van der Waals surface area contributed by atoms with Gasteiger partial charge in [0.2, 0.25) is 10.0 Å². The topological polar surface area (TPSA) is 127 Å². The molecular formula is C17H15F3N4O4S. The average Bonchev–Trinajstić information content (AvgIpc) is 2.63. The molecule has 29 heavy (non-hydrogen) atoms. The number of benzene rings is 2. The monoisotopic (exact) mass is 428 g/mol. The molecular weight excluding hydrogens is 413 g/mol. The average molecular weight is 428 g/mol. The fourth-order valence-corrected chi connectivity index (χ4v) is 3.35. The molecule has 0 aliphatic carbocycles. The summed E-state index contributed by atoms with van der Waals surface area (Å²) in [6.07, 6.45) is -4.06. The smallest absolute Gasteiger partial charge is 0.326 e. The van der Waals surface area contributed by atoms with Crippen molar-refractivity contribution in [2.24, 2.45) is 5.73 Å². The highest BCUT2D eigenvalue weighted by Crippen LogP contribution is 2.38. The molecule has 0 bridgehead atoms. The van der Waals surface area contributed by atoms with Crippen LogP contribution in [0.15, 0.2) is 46.0 Å². The maximum atomic E-state index is 13.7. The van der Waals surface area contributed by atoms with E-state index in [2.05, 4.69) is 4.98 Å². The van der Waals surface area contributed by atoms with E-state index in [9.17, 15) is 31.2 Å². The molecule has 4 N–H and O–H groups in total. The third-order valence-electron chi connectivity index (χ3n) is 4.07. The van der Waals surface area contributed by atoms with Gasteiger partial charge in [-0.25, -0.2) is 18.0 Å².